The van der Waals surface area contributed by atoms with Crippen LogP contribution in [0.1, 0.15) is 30.0 Å². The van der Waals surface area contributed by atoms with Gasteiger partial charge < -0.3 is 15.3 Å². The van der Waals surface area contributed by atoms with Crippen LogP contribution in [0, 0.1) is 17.1 Å². The largest absolute Gasteiger partial charge is 0.482 e. The van der Waals surface area contributed by atoms with Crippen molar-refractivity contribution in [2.45, 2.75) is 19.4 Å². The van der Waals surface area contributed by atoms with Gasteiger partial charge in [-0.05, 0) is 31.2 Å². The minimum absolute atomic E-state index is 0.195. The predicted octanol–water partition coefficient (Wildman–Crippen LogP) is 3.00. The first-order valence-corrected chi connectivity index (χ1v) is 9.44. The Balaban J connectivity index is 1.88. The smallest absolute Gasteiger partial charge is 0.166 e. The fraction of sp³-hybridized carbons (Fsp3) is 0.286. The number of ether oxygens (including phenoxy) is 1. The number of anilines is 1. The summed E-state index contributed by atoms with van der Waals surface area (Å²) in [4.78, 5) is 10.2. The molecule has 2 bridgehead atoms. The fourth-order valence-corrected chi connectivity index (χ4v) is 3.52. The minimum atomic E-state index is -0.562. The number of halogens is 1. The maximum atomic E-state index is 13.9. The maximum Gasteiger partial charge on any atom is 0.166 e. The number of hydrogen-bond donors (Lipinski definition) is 1. The van der Waals surface area contributed by atoms with Crippen molar-refractivity contribution in [1.82, 2.24) is 19.8 Å². The Labute approximate surface area is 173 Å². The molecule has 9 heteroatoms. The van der Waals surface area contributed by atoms with E-state index in [9.17, 15) is 9.65 Å². The van der Waals surface area contributed by atoms with E-state index in [-0.39, 0.29) is 5.82 Å². The van der Waals surface area contributed by atoms with E-state index in [4.69, 9.17) is 15.3 Å². The molecular formula is C21H21FN6O2. The second-order valence-electron chi connectivity index (χ2n) is 7.15. The summed E-state index contributed by atoms with van der Waals surface area (Å²) >= 11 is 0. The number of nitriles is 1. The highest BCUT2D eigenvalue weighted by atomic mass is 19.1. The highest BCUT2D eigenvalue weighted by molar-refractivity contribution is 5.73. The number of nitrogens with two attached hydrogens (primary N) is 1. The molecule has 1 aromatic carbocycles. The van der Waals surface area contributed by atoms with Crippen LogP contribution in [0.15, 0.2) is 30.5 Å². The van der Waals surface area contributed by atoms with Gasteiger partial charge in [-0.25, -0.2) is 9.37 Å². The van der Waals surface area contributed by atoms with Crippen molar-refractivity contribution >= 4 is 5.82 Å². The zero-order valence-corrected chi connectivity index (χ0v) is 16.9. The van der Waals surface area contributed by atoms with Crippen LogP contribution in [-0.2, 0) is 13.5 Å². The molecule has 1 aliphatic heterocycles. The number of pyridine rings is 1. The molecule has 0 saturated carbocycles. The number of aryl methyl sites for hydroxylation is 1. The third-order valence-electron chi connectivity index (χ3n) is 5.03. The Morgan fingerprint density at radius 3 is 2.83 bits per heavy atom. The maximum absolute atomic E-state index is 13.9. The van der Waals surface area contributed by atoms with Crippen LogP contribution in [-0.4, -0.2) is 33.4 Å². The number of nitrogen functional groups attached to an aromatic ring is 1. The molecule has 154 valence electrons. The van der Waals surface area contributed by atoms with E-state index in [0.29, 0.717) is 46.8 Å². The first-order valence-electron chi connectivity index (χ1n) is 9.44. The minimum Gasteiger partial charge on any atom is -0.482 e. The Morgan fingerprint density at radius 1 is 1.27 bits per heavy atom. The molecule has 0 saturated heterocycles. The second kappa shape index (κ2) is 7.65. The molecule has 0 amide bonds. The molecule has 30 heavy (non-hydrogen) atoms. The summed E-state index contributed by atoms with van der Waals surface area (Å²) in [5.41, 5.74) is 9.08. The van der Waals surface area contributed by atoms with Crippen molar-refractivity contribution in [3.63, 3.8) is 0 Å². The SMILES string of the molecule is CC1Oc2cc(cnc2N)-c2c(nn(C)c2C#N)CCN(C)Oc2ccc(F)cc21. The lowest BCUT2D eigenvalue weighted by Crippen LogP contribution is -2.26. The molecule has 4 rings (SSSR count). The third-order valence-corrected chi connectivity index (χ3v) is 5.03. The molecular weight excluding hydrogens is 387 g/mol. The van der Waals surface area contributed by atoms with Gasteiger partial charge in [-0.2, -0.15) is 10.4 Å². The molecule has 3 aromatic rings. The Morgan fingerprint density at radius 2 is 2.07 bits per heavy atom. The van der Waals surface area contributed by atoms with Crippen LogP contribution >= 0.6 is 0 Å². The number of fused-ring (bicyclic) bond motifs is 5. The number of hydrogen-bond acceptors (Lipinski definition) is 7. The number of aromatic nitrogens is 3. The molecule has 2 aromatic heterocycles. The van der Waals surface area contributed by atoms with Crippen LogP contribution < -0.4 is 15.3 Å². The van der Waals surface area contributed by atoms with Gasteiger partial charge in [-0.1, -0.05) is 0 Å². The van der Waals surface area contributed by atoms with E-state index in [0.717, 1.165) is 5.69 Å². The van der Waals surface area contributed by atoms with Crippen molar-refractivity contribution in [2.24, 2.45) is 7.05 Å². The molecule has 3 heterocycles. The highest BCUT2D eigenvalue weighted by Crippen LogP contribution is 2.36. The summed E-state index contributed by atoms with van der Waals surface area (Å²) in [5, 5.41) is 15.8. The summed E-state index contributed by atoms with van der Waals surface area (Å²) in [6.45, 7) is 2.28. The van der Waals surface area contributed by atoms with Gasteiger partial charge in [0.2, 0.25) is 0 Å². The van der Waals surface area contributed by atoms with Crippen molar-refractivity contribution in [3.8, 4) is 28.7 Å². The summed E-state index contributed by atoms with van der Waals surface area (Å²) in [5.74, 6) is 0.615. The molecule has 1 atom stereocenters. The van der Waals surface area contributed by atoms with Gasteiger partial charge in [0.05, 0.1) is 5.69 Å². The zero-order valence-electron chi connectivity index (χ0n) is 16.9. The fourth-order valence-electron chi connectivity index (χ4n) is 3.52. The van der Waals surface area contributed by atoms with Crippen LogP contribution in [0.3, 0.4) is 0 Å². The molecule has 1 unspecified atom stereocenters. The molecule has 2 N–H and O–H groups in total. The molecule has 0 aliphatic carbocycles. The summed E-state index contributed by atoms with van der Waals surface area (Å²) in [7, 11) is 3.51. The predicted molar refractivity (Wildman–Crippen MR) is 108 cm³/mol. The lowest BCUT2D eigenvalue weighted by atomic mass is 10.0. The van der Waals surface area contributed by atoms with Crippen LogP contribution in [0.2, 0.25) is 0 Å². The molecule has 8 nitrogen and oxygen atoms in total. The highest BCUT2D eigenvalue weighted by Gasteiger charge is 2.23. The average molecular weight is 408 g/mol. The number of benzene rings is 1. The van der Waals surface area contributed by atoms with Crippen molar-refractivity contribution < 1.29 is 14.0 Å². The van der Waals surface area contributed by atoms with Crippen LogP contribution in [0.4, 0.5) is 10.2 Å². The third kappa shape index (κ3) is 3.53. The number of rotatable bonds is 0. The van der Waals surface area contributed by atoms with E-state index in [1.807, 2.05) is 0 Å². The zero-order chi connectivity index (χ0) is 21.4. The van der Waals surface area contributed by atoms with Crippen molar-refractivity contribution in [2.75, 3.05) is 19.3 Å². The van der Waals surface area contributed by atoms with Gasteiger partial charge in [0.1, 0.15) is 23.7 Å². The first kappa shape index (κ1) is 19.7. The van der Waals surface area contributed by atoms with E-state index < -0.39 is 11.9 Å². The average Bonchev–Trinajstić information content (AvgIpc) is 3.04. The lowest BCUT2D eigenvalue weighted by Gasteiger charge is -2.22. The Bertz CT molecular complexity index is 1150. The van der Waals surface area contributed by atoms with E-state index in [1.54, 1.807) is 49.1 Å². The Hall–Kier alpha value is -3.64. The van der Waals surface area contributed by atoms with Gasteiger partial charge in [-0.15, -0.1) is 5.06 Å². The monoisotopic (exact) mass is 408 g/mol. The van der Waals surface area contributed by atoms with Crippen LogP contribution in [0.5, 0.6) is 11.5 Å². The quantitative estimate of drug-likeness (QED) is 0.610. The van der Waals surface area contributed by atoms with Gasteiger partial charge in [0, 0.05) is 49.9 Å². The van der Waals surface area contributed by atoms with Crippen molar-refractivity contribution in [3.05, 3.63) is 53.2 Å². The van der Waals surface area contributed by atoms with Crippen LogP contribution in [0.25, 0.3) is 11.1 Å². The van der Waals surface area contributed by atoms with Gasteiger partial charge >= 0.3 is 0 Å². The summed E-state index contributed by atoms with van der Waals surface area (Å²) in [6.07, 6.45) is 1.56. The lowest BCUT2D eigenvalue weighted by molar-refractivity contribution is -0.0329. The second-order valence-corrected chi connectivity index (χ2v) is 7.15. The van der Waals surface area contributed by atoms with E-state index in [2.05, 4.69) is 16.2 Å². The number of hydroxylamine groups is 2. The molecule has 0 radical (unpaired) electrons. The molecule has 1 aliphatic rings. The van der Waals surface area contributed by atoms with Crippen molar-refractivity contribution in [1.29, 1.82) is 5.26 Å². The standard InChI is InChI=1S/C21H21FN6O2/c1-12-15-9-14(22)4-5-18(15)30-27(2)7-6-16-20(17(10-23)28(3)26-16)13-8-19(29-12)21(24)25-11-13/h4-5,8-9,11-12H,6-7H2,1-3H3,(H2,24,25). The van der Waals surface area contributed by atoms with Gasteiger partial charge in [0.15, 0.2) is 17.3 Å². The number of likely N-dealkylation sites (N-methyl/N-ethyl adjacent to an activating group) is 1. The molecule has 0 spiro atoms. The normalized spacial score (nSPS) is 16.6. The summed E-state index contributed by atoms with van der Waals surface area (Å²) < 4.78 is 21.5. The Kier molecular flexibility index (Phi) is 5.01. The summed E-state index contributed by atoms with van der Waals surface area (Å²) in [6, 6.07) is 8.23. The number of nitrogens with zero attached hydrogens (tertiary/aromatic N) is 5. The topological polar surface area (TPSA) is 102 Å². The first-order chi connectivity index (χ1) is 14.4. The molecule has 0 fully saturated rings. The van der Waals surface area contributed by atoms with Gasteiger partial charge in [-0.3, -0.25) is 4.68 Å². The van der Waals surface area contributed by atoms with E-state index >= 15 is 0 Å². The van der Waals surface area contributed by atoms with E-state index in [1.165, 1.54) is 12.1 Å². The van der Waals surface area contributed by atoms with Gasteiger partial charge in [0.25, 0.3) is 0 Å².